The van der Waals surface area contributed by atoms with E-state index in [2.05, 4.69) is 0 Å². The van der Waals surface area contributed by atoms with E-state index in [9.17, 15) is 74.3 Å². The molecule has 8 nitrogen and oxygen atoms in total. The lowest BCUT2D eigenvalue weighted by molar-refractivity contribution is -0.277. The molecule has 0 atom stereocenters. The Kier molecular flexibility index (Phi) is 8.42. The molecule has 1 aliphatic rings. The van der Waals surface area contributed by atoms with Gasteiger partial charge in [0.05, 0.1) is 6.54 Å². The molecule has 0 radical (unpaired) electrons. The first-order valence-corrected chi connectivity index (χ1v) is 12.0. The average molecular weight is 600 g/mol. The highest BCUT2D eigenvalue weighted by molar-refractivity contribution is 7.90. The summed E-state index contributed by atoms with van der Waals surface area (Å²) in [7, 11) is -13.5. The van der Waals surface area contributed by atoms with E-state index in [0.717, 1.165) is 5.32 Å². The zero-order chi connectivity index (χ0) is 29.0. The summed E-state index contributed by atoms with van der Waals surface area (Å²) in [5, 5.41) is -12.0. The standard InChI is InChI=1S/C14H16F12N2O6S2/c1-9(15,16)11(19,20)13(23,24)35(30,31)28-4-2-7(3-5-28)8(29)27-6-10(17,18)12(21,22)14(25,26)36(32,33)34/h7H,2-6H2,1H3,(H,27,29)(H,32,33,34). The van der Waals surface area contributed by atoms with Gasteiger partial charge in [-0.25, -0.2) is 8.42 Å². The second-order valence-corrected chi connectivity index (χ2v) is 11.1. The Morgan fingerprint density at radius 1 is 0.833 bits per heavy atom. The number of hydrogen-bond acceptors (Lipinski definition) is 5. The Labute approximate surface area is 194 Å². The van der Waals surface area contributed by atoms with Crippen LogP contribution in [0.5, 0.6) is 0 Å². The van der Waals surface area contributed by atoms with Crippen molar-refractivity contribution in [1.82, 2.24) is 9.62 Å². The monoisotopic (exact) mass is 600 g/mol. The van der Waals surface area contributed by atoms with Crippen molar-refractivity contribution < 1.29 is 78.9 Å². The third kappa shape index (κ3) is 5.22. The quantitative estimate of drug-likeness (QED) is 0.294. The maximum absolute atomic E-state index is 13.8. The first-order chi connectivity index (χ1) is 15.6. The van der Waals surface area contributed by atoms with Crippen LogP contribution in [0.2, 0.25) is 0 Å². The van der Waals surface area contributed by atoms with Crippen molar-refractivity contribution in [2.45, 2.75) is 54.0 Å². The van der Waals surface area contributed by atoms with E-state index in [4.69, 9.17) is 4.55 Å². The number of rotatable bonds is 10. The van der Waals surface area contributed by atoms with Crippen LogP contribution in [-0.4, -0.2) is 85.4 Å². The van der Waals surface area contributed by atoms with Crippen LogP contribution in [0.25, 0.3) is 0 Å². The zero-order valence-electron chi connectivity index (χ0n) is 17.4. The molecule has 1 aliphatic heterocycles. The fraction of sp³-hybridized carbons (Fsp3) is 0.929. The Balaban J connectivity index is 2.93. The normalized spacial score (nSPS) is 18.8. The first kappa shape index (κ1) is 32.5. The predicted molar refractivity (Wildman–Crippen MR) is 93.1 cm³/mol. The van der Waals surface area contributed by atoms with Gasteiger partial charge < -0.3 is 5.32 Å². The summed E-state index contributed by atoms with van der Waals surface area (Å²) < 4.78 is 213. The molecule has 0 saturated carbocycles. The maximum atomic E-state index is 13.8. The van der Waals surface area contributed by atoms with Gasteiger partial charge in [-0.2, -0.15) is 65.4 Å². The minimum absolute atomic E-state index is 0.397. The number of halogens is 12. The zero-order valence-corrected chi connectivity index (χ0v) is 19.0. The summed E-state index contributed by atoms with van der Waals surface area (Å²) in [4.78, 5) is 11.9. The number of carbonyl (C=O) groups excluding carboxylic acids is 1. The van der Waals surface area contributed by atoms with Gasteiger partial charge in [0, 0.05) is 25.9 Å². The van der Waals surface area contributed by atoms with Crippen molar-refractivity contribution >= 4 is 26.0 Å². The third-order valence-electron chi connectivity index (χ3n) is 5.04. The SMILES string of the molecule is CC(F)(F)C(F)(F)C(F)(F)S(=O)(=O)N1CCC(C(=O)NCC(F)(F)C(F)(F)C(F)(F)S(=O)(=O)O)CC1. The van der Waals surface area contributed by atoms with E-state index in [1.165, 1.54) is 0 Å². The second-order valence-electron chi connectivity index (χ2n) is 7.65. The molecule has 1 amide bonds. The molecule has 1 rings (SSSR count). The van der Waals surface area contributed by atoms with Crippen LogP contribution < -0.4 is 5.32 Å². The molecular weight excluding hydrogens is 584 g/mol. The van der Waals surface area contributed by atoms with E-state index >= 15 is 0 Å². The van der Waals surface area contributed by atoms with E-state index in [1.54, 1.807) is 0 Å². The van der Waals surface area contributed by atoms with Crippen molar-refractivity contribution in [1.29, 1.82) is 0 Å². The Morgan fingerprint density at radius 3 is 1.61 bits per heavy atom. The fourth-order valence-corrected chi connectivity index (χ4v) is 4.76. The van der Waals surface area contributed by atoms with E-state index in [-0.39, 0.29) is 0 Å². The first-order valence-electron chi connectivity index (χ1n) is 9.11. The lowest BCUT2D eigenvalue weighted by Crippen LogP contribution is -2.62. The molecule has 0 aromatic carbocycles. The largest absolute Gasteiger partial charge is 0.437 e. The number of amides is 1. The Morgan fingerprint density at radius 2 is 1.25 bits per heavy atom. The van der Waals surface area contributed by atoms with Gasteiger partial charge in [-0.15, -0.1) is 0 Å². The van der Waals surface area contributed by atoms with Gasteiger partial charge in [0.25, 0.3) is 10.0 Å². The average Bonchev–Trinajstić information content (AvgIpc) is 2.69. The molecule has 1 saturated heterocycles. The molecule has 1 heterocycles. The Bertz CT molecular complexity index is 1050. The highest BCUT2D eigenvalue weighted by atomic mass is 32.2. The second kappa shape index (κ2) is 9.33. The van der Waals surface area contributed by atoms with Gasteiger partial charge in [-0.05, 0) is 12.8 Å². The highest BCUT2D eigenvalue weighted by Crippen LogP contribution is 2.50. The molecule has 2 N–H and O–H groups in total. The number of nitrogens with one attached hydrogen (secondary N) is 1. The molecule has 0 bridgehead atoms. The number of nitrogens with zero attached hydrogens (tertiary/aromatic N) is 1. The minimum Gasteiger partial charge on any atom is -0.350 e. The summed E-state index contributed by atoms with van der Waals surface area (Å²) in [5.41, 5.74) is 0. The summed E-state index contributed by atoms with van der Waals surface area (Å²) in [6.07, 6.45) is -1.84. The lowest BCUT2D eigenvalue weighted by Gasteiger charge is -2.36. The molecule has 0 spiro atoms. The third-order valence-corrected chi connectivity index (χ3v) is 7.89. The molecule has 214 valence electrons. The number of carbonyl (C=O) groups is 1. The van der Waals surface area contributed by atoms with Crippen molar-refractivity contribution in [3.05, 3.63) is 0 Å². The van der Waals surface area contributed by atoms with Gasteiger partial charge in [0.15, 0.2) is 0 Å². The van der Waals surface area contributed by atoms with Crippen LogP contribution in [0.4, 0.5) is 52.7 Å². The van der Waals surface area contributed by atoms with Crippen LogP contribution >= 0.6 is 0 Å². The Hall–Kier alpha value is -1.55. The summed E-state index contributed by atoms with van der Waals surface area (Å²) in [6, 6.07) is 0. The molecule has 22 heteroatoms. The molecule has 0 unspecified atom stereocenters. The smallest absolute Gasteiger partial charge is 0.350 e. The predicted octanol–water partition coefficient (Wildman–Crippen LogP) is 2.78. The topological polar surface area (TPSA) is 121 Å². The van der Waals surface area contributed by atoms with Crippen LogP contribution in [0.1, 0.15) is 19.8 Å². The summed E-state index contributed by atoms with van der Waals surface area (Å²) >= 11 is 0. The van der Waals surface area contributed by atoms with Crippen molar-refractivity contribution in [2.75, 3.05) is 19.6 Å². The number of hydrogen-bond donors (Lipinski definition) is 2. The van der Waals surface area contributed by atoms with Gasteiger partial charge in [0.1, 0.15) is 0 Å². The number of sulfonamides is 1. The molecule has 0 aromatic heterocycles. The summed E-state index contributed by atoms with van der Waals surface area (Å²) in [6.45, 7) is -5.76. The summed E-state index contributed by atoms with van der Waals surface area (Å²) in [5.74, 6) is -28.0. The van der Waals surface area contributed by atoms with Crippen molar-refractivity contribution in [3.63, 3.8) is 0 Å². The number of alkyl halides is 12. The minimum atomic E-state index is -7.05. The molecular formula is C14H16F12N2O6S2. The van der Waals surface area contributed by atoms with E-state index < -0.39 is 110 Å². The van der Waals surface area contributed by atoms with Crippen molar-refractivity contribution in [3.8, 4) is 0 Å². The van der Waals surface area contributed by atoms with Gasteiger partial charge in [-0.3, -0.25) is 9.35 Å². The molecule has 1 fully saturated rings. The van der Waals surface area contributed by atoms with Gasteiger partial charge in [-0.1, -0.05) is 0 Å². The van der Waals surface area contributed by atoms with Gasteiger partial charge >= 0.3 is 44.3 Å². The maximum Gasteiger partial charge on any atom is 0.437 e. The van der Waals surface area contributed by atoms with Crippen LogP contribution in [0.15, 0.2) is 0 Å². The van der Waals surface area contributed by atoms with Crippen LogP contribution in [0, 0.1) is 5.92 Å². The molecule has 36 heavy (non-hydrogen) atoms. The molecule has 0 aromatic rings. The van der Waals surface area contributed by atoms with Crippen molar-refractivity contribution in [2.24, 2.45) is 5.92 Å². The van der Waals surface area contributed by atoms with E-state index in [0.29, 0.717) is 0 Å². The number of piperidine rings is 1. The molecule has 0 aliphatic carbocycles. The lowest BCUT2D eigenvalue weighted by atomic mass is 9.97. The van der Waals surface area contributed by atoms with Gasteiger partial charge in [0.2, 0.25) is 5.91 Å². The van der Waals surface area contributed by atoms with E-state index in [1.807, 2.05) is 0 Å². The van der Waals surface area contributed by atoms with Crippen LogP contribution in [0.3, 0.4) is 0 Å². The highest BCUT2D eigenvalue weighted by Gasteiger charge is 2.78. The fourth-order valence-electron chi connectivity index (χ4n) is 2.77. The van der Waals surface area contributed by atoms with Crippen LogP contribution in [-0.2, 0) is 24.9 Å².